The predicted molar refractivity (Wildman–Crippen MR) is 67.2 cm³/mol. The van der Waals surface area contributed by atoms with Gasteiger partial charge in [-0.25, -0.2) is 8.42 Å². The smallest absolute Gasteiger partial charge is 0.239 e. The van der Waals surface area contributed by atoms with E-state index in [1.165, 1.54) is 0 Å². The molecule has 1 N–H and O–H groups in total. The monoisotopic (exact) mass is 305 g/mol. The molecule has 0 saturated carbocycles. The maximum Gasteiger partial charge on any atom is 0.239 e. The van der Waals surface area contributed by atoms with Gasteiger partial charge in [-0.05, 0) is 40.5 Å². The second-order valence-electron chi connectivity index (χ2n) is 3.60. The summed E-state index contributed by atoms with van der Waals surface area (Å²) in [6.45, 7) is 1.92. The average Bonchev–Trinajstić information content (AvgIpc) is 2.06. The Morgan fingerprint density at radius 1 is 1.44 bits per heavy atom. The van der Waals surface area contributed by atoms with Gasteiger partial charge in [-0.3, -0.25) is 4.79 Å². The molecule has 0 unspecified atom stereocenters. The summed E-state index contributed by atoms with van der Waals surface area (Å²) in [6, 6.07) is 5.40. The molecule has 0 fully saturated rings. The molecule has 1 rings (SSSR count). The molecule has 0 aliphatic carbocycles. The number of hydrogen-bond donors (Lipinski definition) is 1. The van der Waals surface area contributed by atoms with Gasteiger partial charge in [0.25, 0.3) is 0 Å². The summed E-state index contributed by atoms with van der Waals surface area (Å²) >= 11 is 3.29. The second kappa shape index (κ2) is 4.97. The number of halogens is 1. The molecule has 1 aromatic carbocycles. The summed E-state index contributed by atoms with van der Waals surface area (Å²) in [5, 5.41) is 2.53. The van der Waals surface area contributed by atoms with Crippen molar-refractivity contribution < 1.29 is 13.2 Å². The van der Waals surface area contributed by atoms with Crippen LogP contribution in [0.4, 0.5) is 5.69 Å². The quantitative estimate of drug-likeness (QED) is 0.925. The van der Waals surface area contributed by atoms with Gasteiger partial charge in [-0.2, -0.15) is 0 Å². The number of nitrogens with one attached hydrogen (secondary N) is 1. The molecule has 88 valence electrons. The zero-order valence-electron chi connectivity index (χ0n) is 8.95. The van der Waals surface area contributed by atoms with E-state index >= 15 is 0 Å². The van der Waals surface area contributed by atoms with Crippen LogP contribution in [0, 0.1) is 6.92 Å². The molecule has 0 saturated heterocycles. The topological polar surface area (TPSA) is 63.2 Å². The molecule has 1 aromatic rings. The van der Waals surface area contributed by atoms with Gasteiger partial charge >= 0.3 is 0 Å². The molecule has 4 nitrogen and oxygen atoms in total. The van der Waals surface area contributed by atoms with Gasteiger partial charge in [-0.1, -0.05) is 6.07 Å². The van der Waals surface area contributed by atoms with E-state index in [0.29, 0.717) is 5.69 Å². The zero-order chi connectivity index (χ0) is 12.3. The Kier molecular flexibility index (Phi) is 4.09. The average molecular weight is 306 g/mol. The molecule has 0 aliphatic heterocycles. The third kappa shape index (κ3) is 4.32. The van der Waals surface area contributed by atoms with Crippen molar-refractivity contribution in [3.63, 3.8) is 0 Å². The van der Waals surface area contributed by atoms with E-state index in [2.05, 4.69) is 21.2 Å². The molecule has 0 bridgehead atoms. The summed E-state index contributed by atoms with van der Waals surface area (Å²) in [6.07, 6.45) is 1.02. The number of hydrogen-bond acceptors (Lipinski definition) is 3. The van der Waals surface area contributed by atoms with Gasteiger partial charge < -0.3 is 5.32 Å². The SMILES string of the molecule is Cc1ccc(NC(=O)CS(C)(=O)=O)c(Br)c1. The number of anilines is 1. The van der Waals surface area contributed by atoms with Crippen LogP contribution in [-0.4, -0.2) is 26.3 Å². The lowest BCUT2D eigenvalue weighted by Crippen LogP contribution is -2.22. The number of sulfone groups is 1. The van der Waals surface area contributed by atoms with Crippen molar-refractivity contribution in [2.24, 2.45) is 0 Å². The van der Waals surface area contributed by atoms with Crippen molar-refractivity contribution in [1.29, 1.82) is 0 Å². The molecule has 0 heterocycles. The highest BCUT2D eigenvalue weighted by Crippen LogP contribution is 2.23. The first-order valence-corrected chi connectivity index (χ1v) is 7.37. The summed E-state index contributed by atoms with van der Waals surface area (Å²) in [4.78, 5) is 11.4. The molecule has 0 aromatic heterocycles. The van der Waals surface area contributed by atoms with E-state index in [9.17, 15) is 13.2 Å². The molecule has 6 heteroatoms. The third-order valence-corrected chi connectivity index (χ3v) is 3.23. The number of carbonyl (C=O) groups excluding carboxylic acids is 1. The number of rotatable bonds is 3. The van der Waals surface area contributed by atoms with Crippen LogP contribution >= 0.6 is 15.9 Å². The van der Waals surface area contributed by atoms with Crippen molar-refractivity contribution in [2.45, 2.75) is 6.92 Å². The lowest BCUT2D eigenvalue weighted by atomic mass is 10.2. The van der Waals surface area contributed by atoms with Crippen LogP contribution in [0.15, 0.2) is 22.7 Å². The van der Waals surface area contributed by atoms with E-state index in [-0.39, 0.29) is 0 Å². The Morgan fingerprint density at radius 3 is 2.56 bits per heavy atom. The van der Waals surface area contributed by atoms with Gasteiger partial charge in [0.2, 0.25) is 5.91 Å². The normalized spacial score (nSPS) is 11.2. The molecule has 1 amide bonds. The standard InChI is InChI=1S/C10H12BrNO3S/c1-7-3-4-9(8(11)5-7)12-10(13)6-16(2,14)15/h3-5H,6H2,1-2H3,(H,12,13). The molecular weight excluding hydrogens is 294 g/mol. The first-order chi connectivity index (χ1) is 7.28. The van der Waals surface area contributed by atoms with Crippen LogP contribution in [0.25, 0.3) is 0 Å². The number of carbonyl (C=O) groups is 1. The first-order valence-electron chi connectivity index (χ1n) is 4.51. The molecule has 0 atom stereocenters. The molecule has 16 heavy (non-hydrogen) atoms. The maximum absolute atomic E-state index is 11.4. The van der Waals surface area contributed by atoms with Crippen molar-refractivity contribution in [1.82, 2.24) is 0 Å². The third-order valence-electron chi connectivity index (χ3n) is 1.79. The van der Waals surface area contributed by atoms with Crippen molar-refractivity contribution in [2.75, 3.05) is 17.3 Å². The maximum atomic E-state index is 11.4. The first kappa shape index (κ1) is 13.2. The van der Waals surface area contributed by atoms with Crippen molar-refractivity contribution in [3.8, 4) is 0 Å². The van der Waals surface area contributed by atoms with E-state index in [4.69, 9.17) is 0 Å². The Hall–Kier alpha value is -0.880. The van der Waals surface area contributed by atoms with Crippen LogP contribution in [0.5, 0.6) is 0 Å². The van der Waals surface area contributed by atoms with Crippen molar-refractivity contribution in [3.05, 3.63) is 28.2 Å². The van der Waals surface area contributed by atoms with Gasteiger partial charge in [0.15, 0.2) is 9.84 Å². The lowest BCUT2D eigenvalue weighted by Gasteiger charge is -2.07. The highest BCUT2D eigenvalue weighted by atomic mass is 79.9. The van der Waals surface area contributed by atoms with Crippen LogP contribution in [-0.2, 0) is 14.6 Å². The minimum atomic E-state index is -3.29. The predicted octanol–water partition coefficient (Wildman–Crippen LogP) is 1.74. The minimum Gasteiger partial charge on any atom is -0.324 e. The highest BCUT2D eigenvalue weighted by molar-refractivity contribution is 9.10. The van der Waals surface area contributed by atoms with Gasteiger partial charge in [0, 0.05) is 10.7 Å². The van der Waals surface area contributed by atoms with E-state index in [1.54, 1.807) is 6.07 Å². The summed E-state index contributed by atoms with van der Waals surface area (Å²) < 4.78 is 22.5. The zero-order valence-corrected chi connectivity index (χ0v) is 11.4. The Balaban J connectivity index is 2.78. The fraction of sp³-hybridized carbons (Fsp3) is 0.300. The Labute approximate surface area is 103 Å². The number of aryl methyl sites for hydroxylation is 1. The molecule has 0 radical (unpaired) electrons. The Morgan fingerprint density at radius 2 is 2.06 bits per heavy atom. The van der Waals surface area contributed by atoms with E-state index in [0.717, 1.165) is 16.3 Å². The summed E-state index contributed by atoms with van der Waals surface area (Å²) in [5.41, 5.74) is 1.62. The van der Waals surface area contributed by atoms with Gasteiger partial charge in [-0.15, -0.1) is 0 Å². The van der Waals surface area contributed by atoms with Crippen LogP contribution < -0.4 is 5.32 Å². The van der Waals surface area contributed by atoms with Crippen LogP contribution in [0.3, 0.4) is 0 Å². The molecule has 0 aliphatic rings. The number of benzene rings is 1. The van der Waals surface area contributed by atoms with Crippen LogP contribution in [0.1, 0.15) is 5.56 Å². The van der Waals surface area contributed by atoms with Crippen molar-refractivity contribution >= 4 is 37.4 Å². The summed E-state index contributed by atoms with van der Waals surface area (Å²) in [7, 11) is -3.29. The molecule has 0 spiro atoms. The molecular formula is C10H12BrNO3S. The fourth-order valence-corrected chi connectivity index (χ4v) is 2.29. The minimum absolute atomic E-state index is 0.507. The van der Waals surface area contributed by atoms with Crippen LogP contribution in [0.2, 0.25) is 0 Å². The van der Waals surface area contributed by atoms with Gasteiger partial charge in [0.1, 0.15) is 5.75 Å². The van der Waals surface area contributed by atoms with Gasteiger partial charge in [0.05, 0.1) is 5.69 Å². The second-order valence-corrected chi connectivity index (χ2v) is 6.60. The fourth-order valence-electron chi connectivity index (χ4n) is 1.15. The highest BCUT2D eigenvalue weighted by Gasteiger charge is 2.12. The van der Waals surface area contributed by atoms with E-state index in [1.807, 2.05) is 19.1 Å². The van der Waals surface area contributed by atoms with E-state index < -0.39 is 21.5 Å². The largest absolute Gasteiger partial charge is 0.324 e. The summed E-state index contributed by atoms with van der Waals surface area (Å²) in [5.74, 6) is -1.04. The lowest BCUT2D eigenvalue weighted by molar-refractivity contribution is -0.113. The number of amides is 1. The Bertz CT molecular complexity index is 511.